The maximum Gasteiger partial charge on any atom is 0.299 e. The molecule has 0 bridgehead atoms. The van der Waals surface area contributed by atoms with Gasteiger partial charge in [0.2, 0.25) is 0 Å². The van der Waals surface area contributed by atoms with Gasteiger partial charge >= 0.3 is 0 Å². The third-order valence-electron chi connectivity index (χ3n) is 5.77. The standard InChI is InChI=1S/C25H25N5O2/c1-17-7-8-19(26)14-22(17)28-25-27-16-23(32-25)18-12-20(29-9-4-5-10-29)15-21(13-18)30-11-3-2-6-24(30)31/h2-3,6-8,11-16H,4-5,9-10,26H2,1H3,(H,27,28). The lowest BCUT2D eigenvalue weighted by Crippen LogP contribution is -2.19. The van der Waals surface area contributed by atoms with Gasteiger partial charge in [0.15, 0.2) is 5.76 Å². The van der Waals surface area contributed by atoms with Crippen LogP contribution in [-0.4, -0.2) is 22.6 Å². The fourth-order valence-electron chi connectivity index (χ4n) is 4.03. The highest BCUT2D eigenvalue weighted by Gasteiger charge is 2.17. The van der Waals surface area contributed by atoms with Crippen LogP contribution in [0.1, 0.15) is 18.4 Å². The van der Waals surface area contributed by atoms with Crippen LogP contribution in [0.2, 0.25) is 0 Å². The van der Waals surface area contributed by atoms with Gasteiger partial charge in [-0.2, -0.15) is 0 Å². The molecule has 0 aliphatic carbocycles. The number of hydrogen-bond donors (Lipinski definition) is 2. The molecule has 3 N–H and O–H groups in total. The molecular formula is C25H25N5O2. The number of nitrogens with one attached hydrogen (secondary N) is 1. The van der Waals surface area contributed by atoms with Gasteiger partial charge in [0.25, 0.3) is 11.6 Å². The first-order valence-corrected chi connectivity index (χ1v) is 10.7. The first-order valence-electron chi connectivity index (χ1n) is 10.7. The third-order valence-corrected chi connectivity index (χ3v) is 5.77. The van der Waals surface area contributed by atoms with Gasteiger partial charge in [-0.1, -0.05) is 12.1 Å². The van der Waals surface area contributed by atoms with Crippen LogP contribution in [0.4, 0.5) is 23.1 Å². The Morgan fingerprint density at radius 1 is 1.03 bits per heavy atom. The summed E-state index contributed by atoms with van der Waals surface area (Å²) < 4.78 is 7.69. The molecule has 0 atom stereocenters. The molecule has 7 nitrogen and oxygen atoms in total. The van der Waals surface area contributed by atoms with E-state index in [1.165, 1.54) is 12.8 Å². The van der Waals surface area contributed by atoms with Crippen LogP contribution >= 0.6 is 0 Å². The molecule has 1 aliphatic rings. The molecule has 32 heavy (non-hydrogen) atoms. The fraction of sp³-hybridized carbons (Fsp3) is 0.200. The average molecular weight is 428 g/mol. The minimum Gasteiger partial charge on any atom is -0.423 e. The number of oxazole rings is 1. The summed E-state index contributed by atoms with van der Waals surface area (Å²) in [4.78, 5) is 19.2. The predicted octanol–water partition coefficient (Wildman–Crippen LogP) is 4.73. The van der Waals surface area contributed by atoms with E-state index in [9.17, 15) is 4.79 Å². The summed E-state index contributed by atoms with van der Waals surface area (Å²) >= 11 is 0. The van der Waals surface area contributed by atoms with Gasteiger partial charge < -0.3 is 20.4 Å². The maximum atomic E-state index is 12.5. The first kappa shape index (κ1) is 19.9. The molecule has 1 saturated heterocycles. The Morgan fingerprint density at radius 3 is 2.66 bits per heavy atom. The minimum absolute atomic E-state index is 0.0749. The number of anilines is 4. The lowest BCUT2D eigenvalue weighted by molar-refractivity contribution is 0.592. The normalized spacial score (nSPS) is 13.5. The minimum atomic E-state index is -0.0749. The van der Waals surface area contributed by atoms with Crippen molar-refractivity contribution in [3.8, 4) is 17.0 Å². The molecule has 5 rings (SSSR count). The van der Waals surface area contributed by atoms with Gasteiger partial charge in [-0.15, -0.1) is 0 Å². The molecule has 4 aromatic rings. The zero-order chi connectivity index (χ0) is 22.1. The van der Waals surface area contributed by atoms with Gasteiger partial charge in [0, 0.05) is 48.0 Å². The van der Waals surface area contributed by atoms with Gasteiger partial charge in [-0.25, -0.2) is 4.98 Å². The molecule has 1 aliphatic heterocycles. The lowest BCUT2D eigenvalue weighted by atomic mass is 10.1. The Hall–Kier alpha value is -4.00. The van der Waals surface area contributed by atoms with Gasteiger partial charge in [-0.3, -0.25) is 9.36 Å². The van der Waals surface area contributed by atoms with Gasteiger partial charge in [0.1, 0.15) is 0 Å². The maximum absolute atomic E-state index is 12.5. The summed E-state index contributed by atoms with van der Waals surface area (Å²) in [5, 5.41) is 3.20. The van der Waals surface area contributed by atoms with Crippen molar-refractivity contribution in [3.05, 3.63) is 82.9 Å². The van der Waals surface area contributed by atoms with Crippen LogP contribution in [0.3, 0.4) is 0 Å². The zero-order valence-electron chi connectivity index (χ0n) is 17.9. The van der Waals surface area contributed by atoms with Crippen LogP contribution in [0.25, 0.3) is 17.0 Å². The molecule has 3 heterocycles. The zero-order valence-corrected chi connectivity index (χ0v) is 17.9. The van der Waals surface area contributed by atoms with Crippen molar-refractivity contribution in [1.29, 1.82) is 0 Å². The largest absolute Gasteiger partial charge is 0.423 e. The Bertz CT molecular complexity index is 1320. The number of pyridine rings is 1. The van der Waals surface area contributed by atoms with E-state index in [0.717, 1.165) is 41.3 Å². The van der Waals surface area contributed by atoms with Crippen molar-refractivity contribution in [2.75, 3.05) is 29.0 Å². The Labute approximate surface area is 186 Å². The quantitative estimate of drug-likeness (QED) is 0.448. The predicted molar refractivity (Wildman–Crippen MR) is 128 cm³/mol. The van der Waals surface area contributed by atoms with Crippen LogP contribution < -0.4 is 21.5 Å². The first-order chi connectivity index (χ1) is 15.6. The Morgan fingerprint density at radius 2 is 1.84 bits per heavy atom. The number of nitrogens with two attached hydrogens (primary N) is 1. The molecule has 162 valence electrons. The Kier molecular flexibility index (Phi) is 5.15. The number of rotatable bonds is 5. The number of aromatic nitrogens is 2. The van der Waals surface area contributed by atoms with Gasteiger partial charge in [-0.05, 0) is 61.7 Å². The van der Waals surface area contributed by atoms with Crippen LogP contribution in [0.5, 0.6) is 0 Å². The Balaban J connectivity index is 1.53. The van der Waals surface area contributed by atoms with Crippen LogP contribution in [-0.2, 0) is 0 Å². The highest BCUT2D eigenvalue weighted by molar-refractivity contribution is 5.70. The molecule has 0 radical (unpaired) electrons. The molecule has 0 saturated carbocycles. The fourth-order valence-corrected chi connectivity index (χ4v) is 4.03. The molecule has 1 fully saturated rings. The molecule has 2 aromatic heterocycles. The molecular weight excluding hydrogens is 402 g/mol. The number of benzene rings is 2. The SMILES string of the molecule is Cc1ccc(N)cc1Nc1ncc(-c2cc(N3CCCC3)cc(-n3ccccc3=O)c2)o1. The molecule has 0 unspecified atom stereocenters. The highest BCUT2D eigenvalue weighted by Crippen LogP contribution is 2.32. The summed E-state index contributed by atoms with van der Waals surface area (Å²) in [7, 11) is 0. The monoisotopic (exact) mass is 427 g/mol. The summed E-state index contributed by atoms with van der Waals surface area (Å²) in [6.45, 7) is 4.00. The lowest BCUT2D eigenvalue weighted by Gasteiger charge is -2.20. The van der Waals surface area contributed by atoms with Crippen molar-refractivity contribution < 1.29 is 4.42 Å². The second-order valence-corrected chi connectivity index (χ2v) is 8.07. The van der Waals surface area contributed by atoms with E-state index >= 15 is 0 Å². The van der Waals surface area contributed by atoms with E-state index in [-0.39, 0.29) is 5.56 Å². The average Bonchev–Trinajstić information content (AvgIpc) is 3.49. The summed E-state index contributed by atoms with van der Waals surface area (Å²) in [6.07, 6.45) is 5.82. The van der Waals surface area contributed by atoms with Crippen molar-refractivity contribution in [2.24, 2.45) is 0 Å². The number of hydrogen-bond acceptors (Lipinski definition) is 6. The molecule has 0 spiro atoms. The number of nitrogens with zero attached hydrogens (tertiary/aromatic N) is 3. The van der Waals surface area contributed by atoms with E-state index in [1.807, 2.05) is 37.3 Å². The van der Waals surface area contributed by atoms with Crippen molar-refractivity contribution in [2.45, 2.75) is 19.8 Å². The molecule has 0 amide bonds. The van der Waals surface area contributed by atoms with Crippen molar-refractivity contribution >= 4 is 23.1 Å². The third kappa shape index (κ3) is 3.97. The summed E-state index contributed by atoms with van der Waals surface area (Å²) in [5.41, 5.74) is 11.1. The van der Waals surface area contributed by atoms with Crippen molar-refractivity contribution in [3.63, 3.8) is 0 Å². The van der Waals surface area contributed by atoms with Crippen molar-refractivity contribution in [1.82, 2.24) is 9.55 Å². The number of aryl methyl sites for hydroxylation is 1. The smallest absolute Gasteiger partial charge is 0.299 e. The number of nitrogen functional groups attached to an aromatic ring is 1. The highest BCUT2D eigenvalue weighted by atomic mass is 16.4. The molecule has 2 aromatic carbocycles. The van der Waals surface area contributed by atoms with Gasteiger partial charge in [0.05, 0.1) is 11.9 Å². The van der Waals surface area contributed by atoms with E-state index in [1.54, 1.807) is 29.1 Å². The van der Waals surface area contributed by atoms with E-state index in [2.05, 4.69) is 27.3 Å². The van der Waals surface area contributed by atoms with Crippen LogP contribution in [0, 0.1) is 6.92 Å². The summed E-state index contributed by atoms with van der Waals surface area (Å²) in [5.74, 6) is 0.625. The second kappa shape index (κ2) is 8.26. The summed E-state index contributed by atoms with van der Waals surface area (Å²) in [6, 6.07) is 17.3. The van der Waals surface area contributed by atoms with E-state index in [0.29, 0.717) is 17.5 Å². The molecule has 7 heteroatoms. The van der Waals surface area contributed by atoms with E-state index < -0.39 is 0 Å². The topological polar surface area (TPSA) is 89.3 Å². The second-order valence-electron chi connectivity index (χ2n) is 8.07. The van der Waals surface area contributed by atoms with E-state index in [4.69, 9.17) is 10.2 Å². The van der Waals surface area contributed by atoms with Crippen LogP contribution in [0.15, 0.2) is 76.2 Å².